The van der Waals surface area contributed by atoms with E-state index < -0.39 is 0 Å². The number of nitrogens with zero attached hydrogens (tertiary/aromatic N) is 4. The Morgan fingerprint density at radius 1 is 1.11 bits per heavy atom. The molecule has 8 nitrogen and oxygen atoms in total. The summed E-state index contributed by atoms with van der Waals surface area (Å²) in [7, 11) is 3.69. The van der Waals surface area contributed by atoms with Gasteiger partial charge in [0.15, 0.2) is 0 Å². The molecule has 2 aromatic rings. The average molecular weight is 370 g/mol. The van der Waals surface area contributed by atoms with Crippen LogP contribution >= 0.6 is 0 Å². The molecule has 0 saturated carbocycles. The van der Waals surface area contributed by atoms with Crippen molar-refractivity contribution in [2.75, 3.05) is 45.2 Å². The van der Waals surface area contributed by atoms with Gasteiger partial charge in [0.25, 0.3) is 0 Å². The number of likely N-dealkylation sites (N-methyl/N-ethyl adjacent to an activating group) is 1. The molecule has 0 bridgehead atoms. The molecular weight excluding hydrogens is 344 g/mol. The molecule has 0 unspecified atom stereocenters. The first-order chi connectivity index (χ1) is 13.2. The SMILES string of the molecule is COc1cc(CNC(=O)NCc2cccnc2N2CCN(C)CC2)ccn1. The van der Waals surface area contributed by atoms with Crippen molar-refractivity contribution in [3.05, 3.63) is 47.8 Å². The summed E-state index contributed by atoms with van der Waals surface area (Å²) in [4.78, 5) is 25.3. The molecule has 2 N–H and O–H groups in total. The molecule has 1 fully saturated rings. The molecular formula is C19H26N6O2. The highest BCUT2D eigenvalue weighted by molar-refractivity contribution is 5.74. The molecule has 2 amide bonds. The topological polar surface area (TPSA) is 82.6 Å². The minimum absolute atomic E-state index is 0.223. The van der Waals surface area contributed by atoms with Crippen molar-refractivity contribution in [2.45, 2.75) is 13.1 Å². The van der Waals surface area contributed by atoms with Crippen molar-refractivity contribution in [1.82, 2.24) is 25.5 Å². The third-order valence-electron chi connectivity index (χ3n) is 4.57. The number of carbonyl (C=O) groups excluding carboxylic acids is 1. The molecule has 144 valence electrons. The Morgan fingerprint density at radius 3 is 2.67 bits per heavy atom. The van der Waals surface area contributed by atoms with Gasteiger partial charge in [-0.3, -0.25) is 0 Å². The molecule has 0 atom stereocenters. The van der Waals surface area contributed by atoms with Gasteiger partial charge in [-0.25, -0.2) is 14.8 Å². The predicted molar refractivity (Wildman–Crippen MR) is 104 cm³/mol. The molecule has 27 heavy (non-hydrogen) atoms. The second-order valence-electron chi connectivity index (χ2n) is 6.52. The number of aromatic nitrogens is 2. The van der Waals surface area contributed by atoms with Crippen LogP contribution in [0.4, 0.5) is 10.6 Å². The maximum atomic E-state index is 12.2. The lowest BCUT2D eigenvalue weighted by Crippen LogP contribution is -2.45. The summed E-state index contributed by atoms with van der Waals surface area (Å²) in [6.07, 6.45) is 3.46. The third-order valence-corrected chi connectivity index (χ3v) is 4.57. The van der Waals surface area contributed by atoms with Gasteiger partial charge in [0.05, 0.1) is 7.11 Å². The quantitative estimate of drug-likeness (QED) is 0.796. The van der Waals surface area contributed by atoms with Crippen LogP contribution in [0.2, 0.25) is 0 Å². The van der Waals surface area contributed by atoms with Crippen molar-refractivity contribution in [2.24, 2.45) is 0 Å². The van der Waals surface area contributed by atoms with E-state index in [-0.39, 0.29) is 6.03 Å². The van der Waals surface area contributed by atoms with Crippen LogP contribution in [0.5, 0.6) is 5.88 Å². The number of pyridine rings is 2. The summed E-state index contributed by atoms with van der Waals surface area (Å²) in [6, 6.07) is 7.33. The fraction of sp³-hybridized carbons (Fsp3) is 0.421. The number of hydrogen-bond acceptors (Lipinski definition) is 6. The van der Waals surface area contributed by atoms with Gasteiger partial charge in [0.1, 0.15) is 5.82 Å². The van der Waals surface area contributed by atoms with Gasteiger partial charge in [0.2, 0.25) is 5.88 Å². The smallest absolute Gasteiger partial charge is 0.315 e. The second kappa shape index (κ2) is 9.18. The van der Waals surface area contributed by atoms with E-state index in [0.717, 1.165) is 43.1 Å². The number of carbonyl (C=O) groups is 1. The van der Waals surface area contributed by atoms with Crippen molar-refractivity contribution < 1.29 is 9.53 Å². The van der Waals surface area contributed by atoms with E-state index in [1.54, 1.807) is 25.6 Å². The van der Waals surface area contributed by atoms with E-state index in [2.05, 4.69) is 37.4 Å². The highest BCUT2D eigenvalue weighted by Crippen LogP contribution is 2.18. The fourth-order valence-corrected chi connectivity index (χ4v) is 2.96. The second-order valence-corrected chi connectivity index (χ2v) is 6.52. The van der Waals surface area contributed by atoms with Gasteiger partial charge in [0, 0.05) is 63.3 Å². The van der Waals surface area contributed by atoms with E-state index in [1.165, 1.54) is 0 Å². The first kappa shape index (κ1) is 18.9. The minimum atomic E-state index is -0.223. The standard InChI is InChI=1S/C19H26N6O2/c1-24-8-10-25(11-9-24)18-16(4-3-6-21-18)14-23-19(26)22-13-15-5-7-20-17(12-15)27-2/h3-7,12H,8-11,13-14H2,1-2H3,(H2,22,23,26). The average Bonchev–Trinajstić information content (AvgIpc) is 2.72. The van der Waals surface area contributed by atoms with Crippen LogP contribution in [0.1, 0.15) is 11.1 Å². The number of urea groups is 1. The van der Waals surface area contributed by atoms with Crippen LogP contribution in [-0.2, 0) is 13.1 Å². The lowest BCUT2D eigenvalue weighted by atomic mass is 10.2. The molecule has 2 aromatic heterocycles. The number of nitrogens with one attached hydrogen (secondary N) is 2. The molecule has 1 aliphatic rings. The summed E-state index contributed by atoms with van der Waals surface area (Å²) in [6.45, 7) is 4.75. The number of methoxy groups -OCH3 is 1. The molecule has 3 rings (SSSR count). The van der Waals surface area contributed by atoms with E-state index in [4.69, 9.17) is 4.74 Å². The summed E-state index contributed by atoms with van der Waals surface area (Å²) < 4.78 is 5.09. The zero-order chi connectivity index (χ0) is 19.1. The van der Waals surface area contributed by atoms with Gasteiger partial charge in [-0.05, 0) is 24.7 Å². The minimum Gasteiger partial charge on any atom is -0.481 e. The first-order valence-electron chi connectivity index (χ1n) is 9.03. The monoisotopic (exact) mass is 370 g/mol. The summed E-state index contributed by atoms with van der Waals surface area (Å²) in [5, 5.41) is 5.76. The Labute approximate surface area is 159 Å². The van der Waals surface area contributed by atoms with Crippen molar-refractivity contribution in [3.63, 3.8) is 0 Å². The normalized spacial score (nSPS) is 14.7. The zero-order valence-corrected chi connectivity index (χ0v) is 15.8. The van der Waals surface area contributed by atoms with Crippen LogP contribution < -0.4 is 20.3 Å². The summed E-state index contributed by atoms with van der Waals surface area (Å²) >= 11 is 0. The highest BCUT2D eigenvalue weighted by atomic mass is 16.5. The first-order valence-corrected chi connectivity index (χ1v) is 9.03. The maximum Gasteiger partial charge on any atom is 0.315 e. The van der Waals surface area contributed by atoms with Gasteiger partial charge < -0.3 is 25.2 Å². The van der Waals surface area contributed by atoms with Crippen LogP contribution in [0.25, 0.3) is 0 Å². The Kier molecular flexibility index (Phi) is 6.43. The zero-order valence-electron chi connectivity index (χ0n) is 15.8. The molecule has 0 spiro atoms. The predicted octanol–water partition coefficient (Wildman–Crippen LogP) is 1.24. The lowest BCUT2D eigenvalue weighted by molar-refractivity contribution is 0.240. The number of amides is 2. The van der Waals surface area contributed by atoms with E-state index in [9.17, 15) is 4.79 Å². The molecule has 8 heteroatoms. The van der Waals surface area contributed by atoms with Gasteiger partial charge >= 0.3 is 6.03 Å². The van der Waals surface area contributed by atoms with E-state index in [0.29, 0.717) is 19.0 Å². The van der Waals surface area contributed by atoms with Crippen molar-refractivity contribution in [3.8, 4) is 5.88 Å². The number of anilines is 1. The Balaban J connectivity index is 1.53. The van der Waals surface area contributed by atoms with Crippen LogP contribution in [0.15, 0.2) is 36.7 Å². The maximum absolute atomic E-state index is 12.2. The Hall–Kier alpha value is -2.87. The molecule has 1 aliphatic heterocycles. The summed E-state index contributed by atoms with van der Waals surface area (Å²) in [5.74, 6) is 1.48. The van der Waals surface area contributed by atoms with Crippen LogP contribution in [-0.4, -0.2) is 61.2 Å². The molecule has 3 heterocycles. The molecule has 0 aromatic carbocycles. The number of piperazine rings is 1. The number of ether oxygens (including phenoxy) is 1. The molecule has 0 radical (unpaired) electrons. The number of hydrogen-bond donors (Lipinski definition) is 2. The lowest BCUT2D eigenvalue weighted by Gasteiger charge is -2.34. The Morgan fingerprint density at radius 2 is 1.89 bits per heavy atom. The largest absolute Gasteiger partial charge is 0.481 e. The van der Waals surface area contributed by atoms with E-state index >= 15 is 0 Å². The summed E-state index contributed by atoms with van der Waals surface area (Å²) in [5.41, 5.74) is 1.94. The van der Waals surface area contributed by atoms with Gasteiger partial charge in [-0.2, -0.15) is 0 Å². The highest BCUT2D eigenvalue weighted by Gasteiger charge is 2.18. The third kappa shape index (κ3) is 5.30. The Bertz CT molecular complexity index is 761. The van der Waals surface area contributed by atoms with Crippen molar-refractivity contribution in [1.29, 1.82) is 0 Å². The number of rotatable bonds is 6. The van der Waals surface area contributed by atoms with Gasteiger partial charge in [-0.15, -0.1) is 0 Å². The van der Waals surface area contributed by atoms with E-state index in [1.807, 2.05) is 18.2 Å². The van der Waals surface area contributed by atoms with Gasteiger partial charge in [-0.1, -0.05) is 6.07 Å². The van der Waals surface area contributed by atoms with Crippen molar-refractivity contribution >= 4 is 11.8 Å². The van der Waals surface area contributed by atoms with Crippen LogP contribution in [0.3, 0.4) is 0 Å². The fourth-order valence-electron chi connectivity index (χ4n) is 2.96. The molecule has 1 saturated heterocycles. The molecule has 0 aliphatic carbocycles. The van der Waals surface area contributed by atoms with Crippen LogP contribution in [0, 0.1) is 0 Å².